The molecule has 1 aromatic rings. The van der Waals surface area contributed by atoms with Crippen LogP contribution in [-0.2, 0) is 24.4 Å². The van der Waals surface area contributed by atoms with Gasteiger partial charge in [-0.3, -0.25) is 8.74 Å². The van der Waals surface area contributed by atoms with Crippen molar-refractivity contribution in [1.29, 1.82) is 0 Å². The van der Waals surface area contributed by atoms with E-state index < -0.39 is 31.2 Å². The molecule has 2 N–H and O–H groups in total. The summed E-state index contributed by atoms with van der Waals surface area (Å²) in [5.41, 5.74) is -0.587. The van der Waals surface area contributed by atoms with Crippen LogP contribution in [0.4, 0.5) is 0 Å². The highest BCUT2D eigenvalue weighted by atomic mass is 32.2. The Bertz CT molecular complexity index is 811. The Kier molecular flexibility index (Phi) is 4.88. The average Bonchev–Trinajstić information content (AvgIpc) is 2.33. The highest BCUT2D eigenvalue weighted by Crippen LogP contribution is 2.32. The van der Waals surface area contributed by atoms with Gasteiger partial charge < -0.3 is 5.32 Å². The van der Waals surface area contributed by atoms with E-state index in [0.717, 1.165) is 12.1 Å². The van der Waals surface area contributed by atoms with Gasteiger partial charge in [0.15, 0.2) is 0 Å². The molecule has 0 radical (unpaired) electrons. The lowest BCUT2D eigenvalue weighted by atomic mass is 9.81. The zero-order valence-electron chi connectivity index (χ0n) is 14.1. The molecule has 0 atom stereocenters. The van der Waals surface area contributed by atoms with E-state index in [1.54, 1.807) is 0 Å². The molecule has 136 valence electrons. The summed E-state index contributed by atoms with van der Waals surface area (Å²) in [5, 5.41) is 3.43. The zero-order chi connectivity index (χ0) is 18.4. The molecule has 1 aliphatic rings. The van der Waals surface area contributed by atoms with Crippen LogP contribution in [0.25, 0.3) is 0 Å². The van der Waals surface area contributed by atoms with Crippen molar-refractivity contribution in [3.8, 4) is 0 Å². The first kappa shape index (κ1) is 19.3. The molecule has 1 aromatic carbocycles. The van der Waals surface area contributed by atoms with Gasteiger partial charge in [-0.05, 0) is 58.7 Å². The summed E-state index contributed by atoms with van der Waals surface area (Å²) < 4.78 is 61.8. The molecule has 2 rings (SSSR count). The van der Waals surface area contributed by atoms with Crippen LogP contribution >= 0.6 is 0 Å². The third kappa shape index (κ3) is 4.76. The van der Waals surface area contributed by atoms with Crippen LogP contribution in [-0.4, -0.2) is 38.6 Å². The van der Waals surface area contributed by atoms with E-state index in [2.05, 4.69) is 5.32 Å². The van der Waals surface area contributed by atoms with E-state index in [1.165, 1.54) is 12.1 Å². The SMILES string of the molecule is CC1(C)CC(OS(=O)(=O)c2cccc(S(=O)(=O)O)c2)CC(C)(C)N1. The number of rotatable bonds is 4. The molecule has 9 heteroatoms. The van der Waals surface area contributed by atoms with Gasteiger partial charge in [0.2, 0.25) is 0 Å². The molecule has 0 aromatic heterocycles. The van der Waals surface area contributed by atoms with Crippen molar-refractivity contribution in [3.63, 3.8) is 0 Å². The number of nitrogens with one attached hydrogen (secondary N) is 1. The standard InChI is InChI=1S/C15H23NO6S2/c1-14(2)9-11(10-15(3,4)16-14)22-24(20,21)13-7-5-6-12(8-13)23(17,18)19/h5-8,11,16H,9-10H2,1-4H3,(H,17,18,19). The maximum Gasteiger partial charge on any atom is 0.297 e. The fourth-order valence-electron chi connectivity index (χ4n) is 3.32. The summed E-state index contributed by atoms with van der Waals surface area (Å²) >= 11 is 0. The summed E-state index contributed by atoms with van der Waals surface area (Å²) in [4.78, 5) is -0.787. The minimum absolute atomic E-state index is 0.293. The Morgan fingerprint density at radius 2 is 1.54 bits per heavy atom. The fourth-order valence-corrected chi connectivity index (χ4v) is 5.04. The van der Waals surface area contributed by atoms with E-state index in [9.17, 15) is 16.8 Å². The summed E-state index contributed by atoms with van der Waals surface area (Å²) in [6.45, 7) is 7.87. The molecule has 1 fully saturated rings. The third-order valence-corrected chi connectivity index (χ3v) is 6.01. The molecule has 0 bridgehead atoms. The minimum Gasteiger partial charge on any atom is -0.307 e. The van der Waals surface area contributed by atoms with Gasteiger partial charge in [0.25, 0.3) is 20.2 Å². The molecule has 0 spiro atoms. The summed E-state index contributed by atoms with van der Waals surface area (Å²) in [6.07, 6.45) is 0.456. The van der Waals surface area contributed by atoms with Crippen LogP contribution < -0.4 is 5.32 Å². The second kappa shape index (κ2) is 6.06. The van der Waals surface area contributed by atoms with E-state index in [4.69, 9.17) is 8.74 Å². The molecule has 1 heterocycles. The van der Waals surface area contributed by atoms with E-state index >= 15 is 0 Å². The molecular formula is C15H23NO6S2. The molecule has 0 aliphatic carbocycles. The number of hydrogen-bond acceptors (Lipinski definition) is 6. The van der Waals surface area contributed by atoms with Gasteiger partial charge in [-0.25, -0.2) is 0 Å². The Morgan fingerprint density at radius 3 is 2.04 bits per heavy atom. The van der Waals surface area contributed by atoms with Crippen LogP contribution in [0.2, 0.25) is 0 Å². The molecule has 0 saturated carbocycles. The molecular weight excluding hydrogens is 354 g/mol. The van der Waals surface area contributed by atoms with Crippen molar-refractivity contribution < 1.29 is 25.6 Å². The third-order valence-electron chi connectivity index (χ3n) is 3.81. The van der Waals surface area contributed by atoms with E-state index in [0.29, 0.717) is 12.8 Å². The molecule has 0 amide bonds. The lowest BCUT2D eigenvalue weighted by Gasteiger charge is -2.45. The zero-order valence-corrected chi connectivity index (χ0v) is 15.7. The molecule has 0 unspecified atom stereocenters. The number of hydrogen-bond donors (Lipinski definition) is 2. The van der Waals surface area contributed by atoms with Crippen molar-refractivity contribution in [2.45, 2.75) is 67.5 Å². The molecule has 1 saturated heterocycles. The maximum absolute atomic E-state index is 12.5. The van der Waals surface area contributed by atoms with Gasteiger partial charge in [-0.15, -0.1) is 0 Å². The predicted molar refractivity (Wildman–Crippen MR) is 88.8 cm³/mol. The van der Waals surface area contributed by atoms with Crippen molar-refractivity contribution in [3.05, 3.63) is 24.3 Å². The summed E-state index contributed by atoms with van der Waals surface area (Å²) in [7, 11) is -8.63. The van der Waals surface area contributed by atoms with Crippen LogP contribution in [0.1, 0.15) is 40.5 Å². The monoisotopic (exact) mass is 377 g/mol. The van der Waals surface area contributed by atoms with Crippen molar-refractivity contribution >= 4 is 20.2 Å². The average molecular weight is 377 g/mol. The fraction of sp³-hybridized carbons (Fsp3) is 0.600. The first-order chi connectivity index (χ1) is 10.7. The second-order valence-corrected chi connectivity index (χ2v) is 10.4. The second-order valence-electron chi connectivity index (χ2n) is 7.42. The lowest BCUT2D eigenvalue weighted by molar-refractivity contribution is 0.0603. The van der Waals surface area contributed by atoms with Crippen molar-refractivity contribution in [2.75, 3.05) is 0 Å². The minimum atomic E-state index is -4.49. The Balaban J connectivity index is 2.29. The number of piperidine rings is 1. The summed E-state index contributed by atoms with van der Waals surface area (Å²) in [5.74, 6) is 0. The molecule has 1 aliphatic heterocycles. The quantitative estimate of drug-likeness (QED) is 0.609. The molecule has 7 nitrogen and oxygen atoms in total. The van der Waals surface area contributed by atoms with Crippen LogP contribution in [0, 0.1) is 0 Å². The smallest absolute Gasteiger partial charge is 0.297 e. The van der Waals surface area contributed by atoms with Gasteiger partial charge in [0.05, 0.1) is 15.9 Å². The van der Waals surface area contributed by atoms with Gasteiger partial charge in [0, 0.05) is 11.1 Å². The highest BCUT2D eigenvalue weighted by molar-refractivity contribution is 7.87. The Morgan fingerprint density at radius 1 is 1.04 bits per heavy atom. The van der Waals surface area contributed by atoms with Gasteiger partial charge in [-0.1, -0.05) is 6.07 Å². The molecule has 24 heavy (non-hydrogen) atoms. The lowest BCUT2D eigenvalue weighted by Crippen LogP contribution is -2.59. The largest absolute Gasteiger partial charge is 0.307 e. The Labute approximate surface area is 143 Å². The normalized spacial score (nSPS) is 21.5. The maximum atomic E-state index is 12.5. The van der Waals surface area contributed by atoms with Crippen LogP contribution in [0.5, 0.6) is 0 Å². The van der Waals surface area contributed by atoms with Crippen LogP contribution in [0.15, 0.2) is 34.1 Å². The van der Waals surface area contributed by atoms with Gasteiger partial charge in [0.1, 0.15) is 0 Å². The van der Waals surface area contributed by atoms with E-state index in [1.807, 2.05) is 27.7 Å². The van der Waals surface area contributed by atoms with E-state index in [-0.39, 0.29) is 16.0 Å². The first-order valence-electron chi connectivity index (χ1n) is 7.50. The topological polar surface area (TPSA) is 110 Å². The first-order valence-corrected chi connectivity index (χ1v) is 10.4. The van der Waals surface area contributed by atoms with Crippen LogP contribution in [0.3, 0.4) is 0 Å². The van der Waals surface area contributed by atoms with Crippen molar-refractivity contribution in [1.82, 2.24) is 5.32 Å². The highest BCUT2D eigenvalue weighted by Gasteiger charge is 2.40. The predicted octanol–water partition coefficient (Wildman–Crippen LogP) is 1.95. The summed E-state index contributed by atoms with van der Waals surface area (Å²) in [6, 6.07) is 4.49. The number of benzene rings is 1. The Hall–Kier alpha value is -1.00. The van der Waals surface area contributed by atoms with Crippen molar-refractivity contribution in [2.24, 2.45) is 0 Å². The van der Waals surface area contributed by atoms with Gasteiger partial charge >= 0.3 is 0 Å². The van der Waals surface area contributed by atoms with Gasteiger partial charge in [-0.2, -0.15) is 16.8 Å².